The molecule has 2 aromatic rings. The van der Waals surface area contributed by atoms with E-state index in [4.69, 9.17) is 0 Å². The lowest BCUT2D eigenvalue weighted by atomic mass is 9.91. The summed E-state index contributed by atoms with van der Waals surface area (Å²) in [6, 6.07) is 13.5. The van der Waals surface area contributed by atoms with Crippen LogP contribution in [0, 0.1) is 5.41 Å². The largest absolute Gasteiger partial charge is 0.341 e. The highest BCUT2D eigenvalue weighted by Crippen LogP contribution is 2.33. The molecule has 2 nitrogen and oxygen atoms in total. The van der Waals surface area contributed by atoms with Crippen LogP contribution in [0.15, 0.2) is 42.5 Å². The molecule has 0 saturated carbocycles. The molecule has 1 aliphatic heterocycles. The predicted molar refractivity (Wildman–Crippen MR) is 71.8 cm³/mol. The predicted octanol–water partition coefficient (Wildman–Crippen LogP) is 3.30. The fraction of sp³-hybridized carbons (Fsp3) is 0.312. The van der Waals surface area contributed by atoms with Gasteiger partial charge in [0, 0.05) is 17.8 Å². The second kappa shape index (κ2) is 3.84. The first-order valence-corrected chi connectivity index (χ1v) is 6.35. The molecular weight excluding hydrogens is 222 g/mol. The van der Waals surface area contributed by atoms with E-state index < -0.39 is 0 Å². The number of carbonyl (C=O) groups excluding carboxylic acids is 1. The molecule has 2 heteroatoms. The van der Waals surface area contributed by atoms with Crippen LogP contribution in [0.2, 0.25) is 0 Å². The summed E-state index contributed by atoms with van der Waals surface area (Å²) >= 11 is 0. The summed E-state index contributed by atoms with van der Waals surface area (Å²) in [4.78, 5) is 12.5. The standard InChI is InChI=1S/C16H17NO/c1-16(2)10-13-8-9-14(17(13)11-16)15(18)12-6-4-3-5-7-12/h3-9H,10-11H2,1-2H3. The van der Waals surface area contributed by atoms with E-state index in [1.54, 1.807) is 0 Å². The summed E-state index contributed by atoms with van der Waals surface area (Å²) in [6.45, 7) is 5.43. The van der Waals surface area contributed by atoms with Gasteiger partial charge in [0.15, 0.2) is 0 Å². The van der Waals surface area contributed by atoms with Gasteiger partial charge in [-0.05, 0) is 24.0 Å². The summed E-state index contributed by atoms with van der Waals surface area (Å²) in [6.07, 6.45) is 1.05. The van der Waals surface area contributed by atoms with E-state index in [0.717, 1.165) is 24.2 Å². The van der Waals surface area contributed by atoms with Crippen LogP contribution in [0.3, 0.4) is 0 Å². The third-order valence-corrected chi connectivity index (χ3v) is 3.59. The first-order valence-electron chi connectivity index (χ1n) is 6.35. The third-order valence-electron chi connectivity index (χ3n) is 3.59. The van der Waals surface area contributed by atoms with Gasteiger partial charge in [0.05, 0.1) is 5.69 Å². The molecule has 0 N–H and O–H groups in total. The molecule has 0 aliphatic carbocycles. The summed E-state index contributed by atoms with van der Waals surface area (Å²) < 4.78 is 2.18. The molecule has 0 spiro atoms. The molecule has 0 radical (unpaired) electrons. The first-order chi connectivity index (χ1) is 8.57. The number of benzene rings is 1. The zero-order valence-corrected chi connectivity index (χ0v) is 10.8. The van der Waals surface area contributed by atoms with Crippen LogP contribution in [-0.4, -0.2) is 10.4 Å². The van der Waals surface area contributed by atoms with Crippen LogP contribution >= 0.6 is 0 Å². The van der Waals surface area contributed by atoms with Gasteiger partial charge in [-0.15, -0.1) is 0 Å². The van der Waals surface area contributed by atoms with E-state index >= 15 is 0 Å². The third kappa shape index (κ3) is 1.78. The van der Waals surface area contributed by atoms with Gasteiger partial charge in [-0.1, -0.05) is 44.2 Å². The second-order valence-corrected chi connectivity index (χ2v) is 5.83. The average Bonchev–Trinajstić information content (AvgIpc) is 2.84. The average molecular weight is 239 g/mol. The smallest absolute Gasteiger partial charge is 0.209 e. The lowest BCUT2D eigenvalue weighted by molar-refractivity contribution is 0.102. The summed E-state index contributed by atoms with van der Waals surface area (Å²) in [7, 11) is 0. The van der Waals surface area contributed by atoms with Crippen molar-refractivity contribution in [2.24, 2.45) is 5.41 Å². The van der Waals surface area contributed by atoms with Gasteiger partial charge in [-0.3, -0.25) is 4.79 Å². The molecule has 2 heterocycles. The van der Waals surface area contributed by atoms with Crippen molar-refractivity contribution in [3.8, 4) is 0 Å². The van der Waals surface area contributed by atoms with Gasteiger partial charge in [-0.2, -0.15) is 0 Å². The van der Waals surface area contributed by atoms with Crippen molar-refractivity contribution in [3.63, 3.8) is 0 Å². The monoisotopic (exact) mass is 239 g/mol. The number of nitrogens with zero attached hydrogens (tertiary/aromatic N) is 1. The maximum absolute atomic E-state index is 12.5. The van der Waals surface area contributed by atoms with Crippen LogP contribution in [-0.2, 0) is 13.0 Å². The highest BCUT2D eigenvalue weighted by Gasteiger charge is 2.31. The minimum Gasteiger partial charge on any atom is -0.341 e. The van der Waals surface area contributed by atoms with Crippen LogP contribution in [0.5, 0.6) is 0 Å². The topological polar surface area (TPSA) is 22.0 Å². The van der Waals surface area contributed by atoms with Gasteiger partial charge >= 0.3 is 0 Å². The van der Waals surface area contributed by atoms with Crippen LogP contribution < -0.4 is 0 Å². The van der Waals surface area contributed by atoms with Crippen LogP contribution in [0.25, 0.3) is 0 Å². The molecule has 92 valence electrons. The Morgan fingerprint density at radius 2 is 1.83 bits per heavy atom. The number of fused-ring (bicyclic) bond motifs is 1. The Morgan fingerprint density at radius 1 is 1.11 bits per heavy atom. The van der Waals surface area contributed by atoms with Gasteiger partial charge in [0.25, 0.3) is 0 Å². The lowest BCUT2D eigenvalue weighted by Crippen LogP contribution is -2.15. The van der Waals surface area contributed by atoms with Crippen molar-refractivity contribution in [2.75, 3.05) is 0 Å². The number of carbonyl (C=O) groups is 1. The number of ketones is 1. The van der Waals surface area contributed by atoms with E-state index in [9.17, 15) is 4.79 Å². The van der Waals surface area contributed by atoms with Crippen LogP contribution in [0.4, 0.5) is 0 Å². The minimum absolute atomic E-state index is 0.125. The molecule has 0 atom stereocenters. The Kier molecular flexibility index (Phi) is 2.40. The molecule has 3 rings (SSSR count). The SMILES string of the molecule is CC1(C)Cc2ccc(C(=O)c3ccccc3)n2C1. The molecule has 0 unspecified atom stereocenters. The van der Waals surface area contributed by atoms with Gasteiger partial charge in [0.2, 0.25) is 5.78 Å². The molecule has 0 fully saturated rings. The van der Waals surface area contributed by atoms with Crippen molar-refractivity contribution < 1.29 is 4.79 Å². The summed E-state index contributed by atoms with van der Waals surface area (Å²) in [5, 5.41) is 0. The van der Waals surface area contributed by atoms with Crippen molar-refractivity contribution in [3.05, 3.63) is 59.4 Å². The quantitative estimate of drug-likeness (QED) is 0.737. The molecule has 0 bridgehead atoms. The van der Waals surface area contributed by atoms with Crippen molar-refractivity contribution in [1.82, 2.24) is 4.57 Å². The fourth-order valence-corrected chi connectivity index (χ4v) is 2.76. The van der Waals surface area contributed by atoms with E-state index in [1.807, 2.05) is 36.4 Å². The maximum atomic E-state index is 12.5. The van der Waals surface area contributed by atoms with Crippen molar-refractivity contribution in [1.29, 1.82) is 0 Å². The summed E-state index contributed by atoms with van der Waals surface area (Å²) in [5.41, 5.74) is 3.13. The second-order valence-electron chi connectivity index (χ2n) is 5.83. The Bertz CT molecular complexity index is 593. The molecule has 1 aliphatic rings. The molecule has 1 aromatic carbocycles. The van der Waals surface area contributed by atoms with Gasteiger partial charge in [-0.25, -0.2) is 0 Å². The Labute approximate surface area is 107 Å². The first kappa shape index (κ1) is 11.3. The minimum atomic E-state index is 0.125. The maximum Gasteiger partial charge on any atom is 0.209 e. The number of rotatable bonds is 2. The fourth-order valence-electron chi connectivity index (χ4n) is 2.76. The van der Waals surface area contributed by atoms with Crippen LogP contribution in [0.1, 0.15) is 35.6 Å². The van der Waals surface area contributed by atoms with E-state index in [2.05, 4.69) is 24.5 Å². The molecule has 0 amide bonds. The molecule has 1 aromatic heterocycles. The van der Waals surface area contributed by atoms with E-state index in [1.165, 1.54) is 5.69 Å². The molecule has 18 heavy (non-hydrogen) atoms. The number of hydrogen-bond donors (Lipinski definition) is 0. The highest BCUT2D eigenvalue weighted by atomic mass is 16.1. The van der Waals surface area contributed by atoms with E-state index in [0.29, 0.717) is 0 Å². The summed E-state index contributed by atoms with van der Waals surface area (Å²) in [5.74, 6) is 0.125. The van der Waals surface area contributed by atoms with Crippen molar-refractivity contribution in [2.45, 2.75) is 26.8 Å². The number of hydrogen-bond acceptors (Lipinski definition) is 1. The zero-order valence-electron chi connectivity index (χ0n) is 10.8. The lowest BCUT2D eigenvalue weighted by Gasteiger charge is -2.16. The van der Waals surface area contributed by atoms with Gasteiger partial charge in [0.1, 0.15) is 0 Å². The Hall–Kier alpha value is -1.83. The van der Waals surface area contributed by atoms with E-state index in [-0.39, 0.29) is 11.2 Å². The molecule has 0 saturated heterocycles. The molecular formula is C16H17NO. The van der Waals surface area contributed by atoms with Crippen molar-refractivity contribution >= 4 is 5.78 Å². The Morgan fingerprint density at radius 3 is 2.56 bits per heavy atom. The Balaban J connectivity index is 1.99. The highest BCUT2D eigenvalue weighted by molar-refractivity contribution is 6.08. The zero-order chi connectivity index (χ0) is 12.8. The normalized spacial score (nSPS) is 16.6. The number of aromatic nitrogens is 1. The van der Waals surface area contributed by atoms with Gasteiger partial charge < -0.3 is 4.57 Å².